The first-order valence-corrected chi connectivity index (χ1v) is 15.9. The van der Waals surface area contributed by atoms with Crippen molar-refractivity contribution in [3.05, 3.63) is 84.4 Å². The van der Waals surface area contributed by atoms with Gasteiger partial charge in [0.2, 0.25) is 0 Å². The summed E-state index contributed by atoms with van der Waals surface area (Å²) in [6.45, 7) is 11.4. The van der Waals surface area contributed by atoms with E-state index in [1.54, 1.807) is 0 Å². The second-order valence-electron chi connectivity index (χ2n) is 5.07. The molecule has 0 bridgehead atoms. The molecule has 1 saturated heterocycles. The molecule has 2 aromatic carbocycles. The van der Waals surface area contributed by atoms with E-state index >= 15 is 0 Å². The predicted molar refractivity (Wildman–Crippen MR) is 140 cm³/mol. The fourth-order valence-corrected chi connectivity index (χ4v) is 1.75. The molecule has 0 amide bonds. The molecule has 0 aromatic heterocycles. The van der Waals surface area contributed by atoms with E-state index in [0.29, 0.717) is 0 Å². The first-order chi connectivity index (χ1) is 12.2. The van der Waals surface area contributed by atoms with E-state index in [2.05, 4.69) is 50.4 Å². The average Bonchev–Trinajstić information content (AvgIpc) is 3.24. The van der Waals surface area contributed by atoms with Crippen molar-refractivity contribution in [2.45, 2.75) is 42.0 Å². The molecule has 9 heteroatoms. The first kappa shape index (κ1) is 59.5. The van der Waals surface area contributed by atoms with Crippen LogP contribution in [0.1, 0.15) is 51.8 Å². The largest absolute Gasteiger partial charge is 2.00 e. The molecule has 2 aromatic rings. The second kappa shape index (κ2) is 46.8. The molecule has 0 N–H and O–H groups in total. The SMILES string of the molecule is C.C.C.C1CCOC1.C=Cc1cc[c-]cc1.C=Cc1ccc(C)cc1.[Cl-].[Cl-].[Cl-].[Cl][Zn][Cl].[Mg+2].[Mg+2]. The van der Waals surface area contributed by atoms with Crippen LogP contribution in [-0.4, -0.2) is 59.3 Å². The fraction of sp³-hybridized carbons (Fsp3) is 0.333. The van der Waals surface area contributed by atoms with Crippen LogP contribution in [0.3, 0.4) is 0 Å². The Morgan fingerprint density at radius 2 is 1.12 bits per heavy atom. The monoisotopic (exact) mass is 628 g/mol. The van der Waals surface area contributed by atoms with Crippen LogP contribution in [0.25, 0.3) is 12.2 Å². The van der Waals surface area contributed by atoms with E-state index in [1.165, 1.54) is 24.0 Å². The topological polar surface area (TPSA) is 9.23 Å². The van der Waals surface area contributed by atoms with Gasteiger partial charge >= 0.3 is 80.6 Å². The molecular formula is C24H37Cl5Mg2OZn. The zero-order valence-electron chi connectivity index (χ0n) is 17.4. The molecular weight excluding hydrogens is 596 g/mol. The zero-order chi connectivity index (χ0) is 18.8. The summed E-state index contributed by atoms with van der Waals surface area (Å²) in [4.78, 5) is 0. The maximum absolute atomic E-state index is 4.95. The van der Waals surface area contributed by atoms with Crippen molar-refractivity contribution in [2.75, 3.05) is 13.2 Å². The van der Waals surface area contributed by atoms with Gasteiger partial charge in [-0.25, -0.2) is 0 Å². The molecule has 0 unspecified atom stereocenters. The van der Waals surface area contributed by atoms with Gasteiger partial charge in [-0.1, -0.05) is 70.8 Å². The number of ether oxygens (including phenoxy) is 1. The molecule has 1 fully saturated rings. The average molecular weight is 633 g/mol. The van der Waals surface area contributed by atoms with Crippen molar-refractivity contribution in [3.63, 3.8) is 0 Å². The quantitative estimate of drug-likeness (QED) is 0.309. The van der Waals surface area contributed by atoms with Gasteiger partial charge in [-0.2, -0.15) is 30.3 Å². The molecule has 1 nitrogen and oxygen atoms in total. The Bertz CT molecular complexity index is 565. The Balaban J connectivity index is -0.0000000322. The summed E-state index contributed by atoms with van der Waals surface area (Å²) in [6, 6.07) is 18.9. The van der Waals surface area contributed by atoms with Crippen molar-refractivity contribution < 1.29 is 57.1 Å². The Labute approximate surface area is 271 Å². The van der Waals surface area contributed by atoms with Crippen LogP contribution in [0.15, 0.2) is 61.7 Å². The molecule has 1 aliphatic heterocycles. The third-order valence-corrected chi connectivity index (χ3v) is 3.12. The van der Waals surface area contributed by atoms with Gasteiger partial charge in [-0.05, 0) is 25.3 Å². The van der Waals surface area contributed by atoms with E-state index in [1.807, 2.05) is 36.4 Å². The normalized spacial score (nSPS) is 8.45. The molecule has 0 radical (unpaired) electrons. The van der Waals surface area contributed by atoms with Gasteiger partial charge in [-0.3, -0.25) is 0 Å². The molecule has 3 rings (SSSR count). The molecule has 0 saturated carbocycles. The molecule has 180 valence electrons. The van der Waals surface area contributed by atoms with Crippen LogP contribution >= 0.6 is 19.4 Å². The van der Waals surface area contributed by atoms with Crippen LogP contribution in [0.5, 0.6) is 0 Å². The molecule has 33 heavy (non-hydrogen) atoms. The third kappa shape index (κ3) is 40.9. The minimum atomic E-state index is -0.931. The summed E-state index contributed by atoms with van der Waals surface area (Å²) in [6.07, 6.45) is 6.22. The fourth-order valence-electron chi connectivity index (χ4n) is 1.75. The Morgan fingerprint density at radius 3 is 1.36 bits per heavy atom. The van der Waals surface area contributed by atoms with Crippen LogP contribution in [0, 0.1) is 13.0 Å². The van der Waals surface area contributed by atoms with Crippen molar-refractivity contribution >= 4 is 77.6 Å². The van der Waals surface area contributed by atoms with Gasteiger partial charge in [0.1, 0.15) is 0 Å². The Morgan fingerprint density at radius 1 is 0.788 bits per heavy atom. The van der Waals surface area contributed by atoms with Crippen LogP contribution in [-0.2, 0) is 19.9 Å². The van der Waals surface area contributed by atoms with Crippen molar-refractivity contribution in [3.8, 4) is 0 Å². The maximum Gasteiger partial charge on any atom is 2.00 e. The number of aryl methyl sites for hydroxylation is 1. The van der Waals surface area contributed by atoms with Gasteiger partial charge < -0.3 is 42.0 Å². The summed E-state index contributed by atoms with van der Waals surface area (Å²) in [5.74, 6) is 0. The van der Waals surface area contributed by atoms with Gasteiger partial charge in [-0.15, -0.1) is 12.1 Å². The zero-order valence-corrected chi connectivity index (χ0v) is 27.0. The van der Waals surface area contributed by atoms with E-state index in [0.717, 1.165) is 18.8 Å². The van der Waals surface area contributed by atoms with Gasteiger partial charge in [0.25, 0.3) is 0 Å². The number of hydrogen-bond acceptors (Lipinski definition) is 1. The summed E-state index contributed by atoms with van der Waals surface area (Å²) < 4.78 is 4.94. The minimum Gasteiger partial charge on any atom is 2.00 e. The van der Waals surface area contributed by atoms with E-state index in [4.69, 9.17) is 24.1 Å². The van der Waals surface area contributed by atoms with Crippen molar-refractivity contribution in [1.29, 1.82) is 0 Å². The van der Waals surface area contributed by atoms with Gasteiger partial charge in [0, 0.05) is 13.2 Å². The third-order valence-electron chi connectivity index (χ3n) is 3.12. The molecule has 0 aliphatic carbocycles. The number of rotatable bonds is 2. The number of benzene rings is 2. The summed E-state index contributed by atoms with van der Waals surface area (Å²) in [7, 11) is 9.90. The van der Waals surface area contributed by atoms with Crippen LogP contribution in [0.4, 0.5) is 0 Å². The molecule has 1 heterocycles. The van der Waals surface area contributed by atoms with Crippen LogP contribution in [0.2, 0.25) is 0 Å². The van der Waals surface area contributed by atoms with Crippen molar-refractivity contribution in [2.24, 2.45) is 0 Å². The number of halogens is 5. The van der Waals surface area contributed by atoms with E-state index in [9.17, 15) is 0 Å². The minimum absolute atomic E-state index is 0. The molecule has 0 atom stereocenters. The summed E-state index contributed by atoms with van der Waals surface area (Å²) >= 11 is -0.931. The smallest absolute Gasteiger partial charge is 2.00 e. The standard InChI is InChI=1S/C9H10.C8H7.C4H8O.3CH4.5ClH.2Mg.Zn/c1-3-9-6-4-8(2)5-7-9;1-2-8-6-4-3-5-7-8;1-2-4-5-3-1;;;;;;;;;;;/h3-7H,1H2,2H3;2,4-7H,1H2;1-4H2;3*1H4;5*1H;;;/q;-1;;;;;;;;;;3*+2/p-5. The predicted octanol–water partition coefficient (Wildman–Crippen LogP) is -0.900. The molecule has 0 spiro atoms. The van der Waals surface area contributed by atoms with Gasteiger partial charge in [0.05, 0.1) is 0 Å². The Kier molecular flexibility index (Phi) is 84.4. The van der Waals surface area contributed by atoms with Gasteiger partial charge in [0.15, 0.2) is 0 Å². The number of hydrogen-bond donors (Lipinski definition) is 0. The first-order valence-electron chi connectivity index (χ1n) is 8.15. The second-order valence-corrected chi connectivity index (χ2v) is 9.70. The molecule has 1 aliphatic rings. The summed E-state index contributed by atoms with van der Waals surface area (Å²) in [5.41, 5.74) is 3.62. The van der Waals surface area contributed by atoms with Crippen molar-refractivity contribution in [1.82, 2.24) is 0 Å². The summed E-state index contributed by atoms with van der Waals surface area (Å²) in [5, 5.41) is 0. The van der Waals surface area contributed by atoms with E-state index in [-0.39, 0.29) is 106 Å². The van der Waals surface area contributed by atoms with Crippen LogP contribution < -0.4 is 37.2 Å². The maximum atomic E-state index is 4.95. The van der Waals surface area contributed by atoms with E-state index < -0.39 is 15.1 Å². The Hall–Kier alpha value is 1.49.